The molecule has 0 unspecified atom stereocenters. The molecule has 50 valence electrons. The summed E-state index contributed by atoms with van der Waals surface area (Å²) in [6.07, 6.45) is 2.28. The van der Waals surface area contributed by atoms with Gasteiger partial charge in [-0.25, -0.2) is 0 Å². The minimum Gasteiger partial charge on any atom is -0.504 e. The fraction of sp³-hybridized carbons (Fsp3) is 0.500. The summed E-state index contributed by atoms with van der Waals surface area (Å²) >= 11 is 0. The lowest BCUT2D eigenvalue weighted by Crippen LogP contribution is -1.95. The van der Waals surface area contributed by atoms with Crippen LogP contribution >= 0.6 is 0 Å². The summed E-state index contributed by atoms with van der Waals surface area (Å²) in [5, 5.41) is 12.9. The van der Waals surface area contributed by atoms with Gasteiger partial charge < -0.3 is 5.11 Å². The van der Waals surface area contributed by atoms with E-state index in [4.69, 9.17) is 5.11 Å². The summed E-state index contributed by atoms with van der Waals surface area (Å²) in [5.41, 5.74) is 0.884. The standard InChI is InChI=1S/C6H10N2O/c1-3-5-6(9)4-7-8(5)2/h4,9H,3H2,1-2H3. The lowest BCUT2D eigenvalue weighted by molar-refractivity contribution is 0.466. The lowest BCUT2D eigenvalue weighted by atomic mass is 10.3. The first-order valence-electron chi connectivity index (χ1n) is 2.95. The highest BCUT2D eigenvalue weighted by molar-refractivity contribution is 5.22. The second-order valence-electron chi connectivity index (χ2n) is 1.95. The van der Waals surface area contributed by atoms with E-state index in [1.54, 1.807) is 4.68 Å². The summed E-state index contributed by atoms with van der Waals surface area (Å²) < 4.78 is 1.68. The molecule has 1 N–H and O–H groups in total. The molecule has 9 heavy (non-hydrogen) atoms. The zero-order valence-corrected chi connectivity index (χ0v) is 5.63. The summed E-state index contributed by atoms with van der Waals surface area (Å²) in [5.74, 6) is 0.292. The fourth-order valence-corrected chi connectivity index (χ4v) is 0.861. The molecule has 1 aromatic heterocycles. The number of nitrogens with zero attached hydrogens (tertiary/aromatic N) is 2. The van der Waals surface area contributed by atoms with Gasteiger partial charge in [0.2, 0.25) is 0 Å². The molecule has 1 rings (SSSR count). The predicted octanol–water partition coefficient (Wildman–Crippen LogP) is 0.688. The quantitative estimate of drug-likeness (QED) is 0.601. The van der Waals surface area contributed by atoms with Crippen LogP contribution in [0.5, 0.6) is 5.75 Å². The maximum atomic E-state index is 9.05. The van der Waals surface area contributed by atoms with Crippen molar-refractivity contribution in [2.75, 3.05) is 0 Å². The Morgan fingerprint density at radius 3 is 2.67 bits per heavy atom. The maximum absolute atomic E-state index is 9.05. The fourth-order valence-electron chi connectivity index (χ4n) is 0.861. The van der Waals surface area contributed by atoms with Gasteiger partial charge in [0.15, 0.2) is 5.75 Å². The van der Waals surface area contributed by atoms with Gasteiger partial charge in [-0.2, -0.15) is 5.10 Å². The highest BCUT2D eigenvalue weighted by atomic mass is 16.3. The van der Waals surface area contributed by atoms with Crippen molar-refractivity contribution in [3.8, 4) is 5.75 Å². The van der Waals surface area contributed by atoms with Crippen LogP contribution in [0.15, 0.2) is 6.20 Å². The lowest BCUT2D eigenvalue weighted by Gasteiger charge is -1.95. The van der Waals surface area contributed by atoms with Gasteiger partial charge in [-0.3, -0.25) is 4.68 Å². The molecule has 0 saturated heterocycles. The molecule has 0 aromatic carbocycles. The zero-order valence-electron chi connectivity index (χ0n) is 5.63. The van der Waals surface area contributed by atoms with Crippen LogP contribution in [0.25, 0.3) is 0 Å². The van der Waals surface area contributed by atoms with Crippen molar-refractivity contribution in [3.63, 3.8) is 0 Å². The second kappa shape index (κ2) is 2.09. The molecule has 1 heterocycles. The third-order valence-corrected chi connectivity index (χ3v) is 1.37. The average molecular weight is 126 g/mol. The van der Waals surface area contributed by atoms with Crippen molar-refractivity contribution >= 4 is 0 Å². The van der Waals surface area contributed by atoms with Gasteiger partial charge in [-0.15, -0.1) is 0 Å². The number of aromatic hydroxyl groups is 1. The van der Waals surface area contributed by atoms with Gasteiger partial charge in [0, 0.05) is 7.05 Å². The van der Waals surface area contributed by atoms with E-state index in [1.807, 2.05) is 14.0 Å². The minimum atomic E-state index is 0.292. The molecular weight excluding hydrogens is 116 g/mol. The Morgan fingerprint density at radius 1 is 1.78 bits per heavy atom. The van der Waals surface area contributed by atoms with Gasteiger partial charge in [-0.1, -0.05) is 6.92 Å². The number of aryl methyl sites for hydroxylation is 1. The van der Waals surface area contributed by atoms with Crippen LogP contribution in [0.1, 0.15) is 12.6 Å². The van der Waals surface area contributed by atoms with Crippen LogP contribution < -0.4 is 0 Å². The monoisotopic (exact) mass is 126 g/mol. The van der Waals surface area contributed by atoms with E-state index in [1.165, 1.54) is 6.20 Å². The van der Waals surface area contributed by atoms with E-state index >= 15 is 0 Å². The van der Waals surface area contributed by atoms with Crippen molar-refractivity contribution in [1.82, 2.24) is 9.78 Å². The molecule has 0 amide bonds. The van der Waals surface area contributed by atoms with Crippen LogP contribution in [-0.4, -0.2) is 14.9 Å². The first-order valence-corrected chi connectivity index (χ1v) is 2.95. The topological polar surface area (TPSA) is 38.1 Å². The largest absolute Gasteiger partial charge is 0.504 e. The van der Waals surface area contributed by atoms with Crippen molar-refractivity contribution < 1.29 is 5.11 Å². The third-order valence-electron chi connectivity index (χ3n) is 1.37. The van der Waals surface area contributed by atoms with E-state index in [9.17, 15) is 0 Å². The molecule has 0 aliphatic carbocycles. The Kier molecular flexibility index (Phi) is 1.42. The highest BCUT2D eigenvalue weighted by Crippen LogP contribution is 2.13. The van der Waals surface area contributed by atoms with Gasteiger partial charge in [0.1, 0.15) is 0 Å². The Balaban J connectivity index is 3.07. The molecule has 0 aliphatic heterocycles. The molecule has 0 bridgehead atoms. The zero-order chi connectivity index (χ0) is 6.85. The van der Waals surface area contributed by atoms with Crippen molar-refractivity contribution in [2.45, 2.75) is 13.3 Å². The third kappa shape index (κ3) is 0.896. The Bertz CT molecular complexity index is 185. The van der Waals surface area contributed by atoms with E-state index in [0.717, 1.165) is 12.1 Å². The smallest absolute Gasteiger partial charge is 0.156 e. The molecule has 1 aromatic rings. The highest BCUT2D eigenvalue weighted by Gasteiger charge is 2.01. The van der Waals surface area contributed by atoms with Crippen molar-refractivity contribution in [2.24, 2.45) is 7.05 Å². The number of aromatic nitrogens is 2. The summed E-state index contributed by atoms with van der Waals surface area (Å²) in [6, 6.07) is 0. The van der Waals surface area contributed by atoms with Gasteiger partial charge in [-0.05, 0) is 6.42 Å². The molecule has 3 nitrogen and oxygen atoms in total. The molecule has 0 spiro atoms. The molecule has 0 saturated carbocycles. The summed E-state index contributed by atoms with van der Waals surface area (Å²) in [7, 11) is 1.82. The number of rotatable bonds is 1. The Morgan fingerprint density at radius 2 is 2.44 bits per heavy atom. The van der Waals surface area contributed by atoms with Crippen LogP contribution in [0, 0.1) is 0 Å². The van der Waals surface area contributed by atoms with Crippen LogP contribution in [0.3, 0.4) is 0 Å². The molecule has 0 radical (unpaired) electrons. The van der Waals surface area contributed by atoms with Gasteiger partial charge in [0.25, 0.3) is 0 Å². The Hall–Kier alpha value is -0.990. The van der Waals surface area contributed by atoms with E-state index < -0.39 is 0 Å². The first kappa shape index (κ1) is 6.13. The van der Waals surface area contributed by atoms with E-state index in [2.05, 4.69) is 5.10 Å². The van der Waals surface area contributed by atoms with Gasteiger partial charge >= 0.3 is 0 Å². The van der Waals surface area contributed by atoms with Crippen molar-refractivity contribution in [3.05, 3.63) is 11.9 Å². The van der Waals surface area contributed by atoms with E-state index in [-0.39, 0.29) is 0 Å². The second-order valence-corrected chi connectivity index (χ2v) is 1.95. The molecule has 0 atom stereocenters. The molecule has 0 aliphatic rings. The van der Waals surface area contributed by atoms with E-state index in [0.29, 0.717) is 5.75 Å². The molecular formula is C6H10N2O. The van der Waals surface area contributed by atoms with Gasteiger partial charge in [0.05, 0.1) is 11.9 Å². The van der Waals surface area contributed by atoms with Crippen LogP contribution in [0.4, 0.5) is 0 Å². The first-order chi connectivity index (χ1) is 4.25. The molecule has 0 fully saturated rings. The normalized spacial score (nSPS) is 10.0. The summed E-state index contributed by atoms with van der Waals surface area (Å²) in [4.78, 5) is 0. The maximum Gasteiger partial charge on any atom is 0.156 e. The minimum absolute atomic E-state index is 0.292. The number of hydrogen-bond acceptors (Lipinski definition) is 2. The van der Waals surface area contributed by atoms with Crippen LogP contribution in [-0.2, 0) is 13.5 Å². The summed E-state index contributed by atoms with van der Waals surface area (Å²) in [6.45, 7) is 1.98. The Labute approximate surface area is 53.9 Å². The van der Waals surface area contributed by atoms with Crippen LogP contribution in [0.2, 0.25) is 0 Å². The average Bonchev–Trinajstić information content (AvgIpc) is 2.12. The SMILES string of the molecule is CCc1c(O)cnn1C. The molecule has 3 heteroatoms. The van der Waals surface area contributed by atoms with Crippen molar-refractivity contribution in [1.29, 1.82) is 0 Å². The number of hydrogen-bond donors (Lipinski definition) is 1. The predicted molar refractivity (Wildman–Crippen MR) is 34.3 cm³/mol.